The first-order valence-electron chi connectivity index (χ1n) is 8.75. The molecule has 3 aromatic rings. The van der Waals surface area contributed by atoms with E-state index < -0.39 is 0 Å². The highest BCUT2D eigenvalue weighted by molar-refractivity contribution is 7.15. The Hall–Kier alpha value is -2.17. The van der Waals surface area contributed by atoms with Gasteiger partial charge in [-0.15, -0.1) is 11.3 Å². The number of thiazole rings is 1. The van der Waals surface area contributed by atoms with Gasteiger partial charge < -0.3 is 5.32 Å². The minimum atomic E-state index is 0.0267. The summed E-state index contributed by atoms with van der Waals surface area (Å²) in [5, 5.41) is 4.82. The second kappa shape index (κ2) is 7.60. The molecule has 1 aliphatic rings. The first-order valence-corrected chi connectivity index (χ1v) is 9.94. The highest BCUT2D eigenvalue weighted by Gasteiger charge is 2.27. The largest absolute Gasteiger partial charge is 0.352 e. The lowest BCUT2D eigenvalue weighted by molar-refractivity contribution is -0.125. The van der Waals surface area contributed by atoms with Crippen LogP contribution in [0.2, 0.25) is 5.02 Å². The van der Waals surface area contributed by atoms with Gasteiger partial charge in [-0.25, -0.2) is 4.98 Å². The number of nitrogens with zero attached hydrogens (tertiary/aromatic N) is 1. The number of rotatable bonds is 4. The highest BCUT2D eigenvalue weighted by Crippen LogP contribution is 2.34. The summed E-state index contributed by atoms with van der Waals surface area (Å²) >= 11 is 7.62. The van der Waals surface area contributed by atoms with Crippen LogP contribution < -0.4 is 5.32 Å². The summed E-state index contributed by atoms with van der Waals surface area (Å²) < 4.78 is 0. The van der Waals surface area contributed by atoms with Crippen LogP contribution in [0.3, 0.4) is 0 Å². The van der Waals surface area contributed by atoms with E-state index in [-0.39, 0.29) is 11.8 Å². The SMILES string of the molecule is O=C(NCc1ccc(Cl)cc1)C1CCc2nc(-c3ccccc3)sc2C1. The van der Waals surface area contributed by atoms with Crippen molar-refractivity contribution >= 4 is 28.8 Å². The molecule has 1 aliphatic carbocycles. The zero-order chi connectivity index (χ0) is 17.9. The van der Waals surface area contributed by atoms with E-state index in [9.17, 15) is 4.79 Å². The van der Waals surface area contributed by atoms with Crippen molar-refractivity contribution in [3.05, 3.63) is 75.8 Å². The van der Waals surface area contributed by atoms with Crippen LogP contribution in [0.15, 0.2) is 54.6 Å². The predicted octanol–water partition coefficient (Wildman–Crippen LogP) is 4.88. The standard InChI is InChI=1S/C21H19ClN2OS/c22-17-9-6-14(7-10-17)13-23-20(25)16-8-11-18-19(12-16)26-21(24-18)15-4-2-1-3-5-15/h1-7,9-10,16H,8,11-13H2,(H,23,25). The Kier molecular flexibility index (Phi) is 5.05. The van der Waals surface area contributed by atoms with Gasteiger partial charge in [-0.1, -0.05) is 54.1 Å². The summed E-state index contributed by atoms with van der Waals surface area (Å²) in [6, 6.07) is 17.8. The van der Waals surface area contributed by atoms with Crippen molar-refractivity contribution in [2.75, 3.05) is 0 Å². The summed E-state index contributed by atoms with van der Waals surface area (Å²) in [6.07, 6.45) is 2.52. The fourth-order valence-electron chi connectivity index (χ4n) is 3.24. The van der Waals surface area contributed by atoms with E-state index in [2.05, 4.69) is 17.4 Å². The first kappa shape index (κ1) is 17.3. The van der Waals surface area contributed by atoms with Gasteiger partial charge in [0, 0.05) is 27.9 Å². The molecule has 4 rings (SSSR count). The molecule has 132 valence electrons. The molecule has 0 saturated carbocycles. The lowest BCUT2D eigenvalue weighted by atomic mass is 9.90. The van der Waals surface area contributed by atoms with E-state index in [1.165, 1.54) is 4.88 Å². The summed E-state index contributed by atoms with van der Waals surface area (Å²) in [5.74, 6) is 0.152. The molecule has 3 nitrogen and oxygen atoms in total. The summed E-state index contributed by atoms with van der Waals surface area (Å²) in [5.41, 5.74) is 3.37. The third-order valence-electron chi connectivity index (χ3n) is 4.71. The third-order valence-corrected chi connectivity index (χ3v) is 6.13. The number of aromatic nitrogens is 1. The number of amides is 1. The lowest BCUT2D eigenvalue weighted by Gasteiger charge is -2.20. The van der Waals surface area contributed by atoms with Gasteiger partial charge in [0.1, 0.15) is 5.01 Å². The number of carbonyl (C=O) groups is 1. The quantitative estimate of drug-likeness (QED) is 0.698. The van der Waals surface area contributed by atoms with Gasteiger partial charge in [-0.05, 0) is 37.0 Å². The molecule has 0 spiro atoms. The van der Waals surface area contributed by atoms with E-state index in [4.69, 9.17) is 16.6 Å². The van der Waals surface area contributed by atoms with Crippen molar-refractivity contribution in [2.45, 2.75) is 25.8 Å². The van der Waals surface area contributed by atoms with E-state index in [1.807, 2.05) is 42.5 Å². The molecule has 0 saturated heterocycles. The van der Waals surface area contributed by atoms with E-state index in [0.29, 0.717) is 11.6 Å². The molecule has 0 aliphatic heterocycles. The Morgan fingerprint density at radius 1 is 1.15 bits per heavy atom. The number of hydrogen-bond acceptors (Lipinski definition) is 3. The van der Waals surface area contributed by atoms with Crippen LogP contribution in [0, 0.1) is 5.92 Å². The molecule has 1 aromatic heterocycles. The monoisotopic (exact) mass is 382 g/mol. The molecule has 2 aromatic carbocycles. The Morgan fingerprint density at radius 3 is 2.69 bits per heavy atom. The Balaban J connectivity index is 1.40. The normalized spacial score (nSPS) is 16.1. The second-order valence-corrected chi connectivity index (χ2v) is 8.06. The van der Waals surface area contributed by atoms with E-state index in [1.54, 1.807) is 11.3 Å². The van der Waals surface area contributed by atoms with E-state index in [0.717, 1.165) is 41.1 Å². The van der Waals surface area contributed by atoms with Crippen molar-refractivity contribution in [2.24, 2.45) is 5.92 Å². The summed E-state index contributed by atoms with van der Waals surface area (Å²) in [4.78, 5) is 18.6. The Morgan fingerprint density at radius 2 is 1.92 bits per heavy atom. The minimum absolute atomic E-state index is 0.0267. The molecule has 1 heterocycles. The molecule has 1 amide bonds. The van der Waals surface area contributed by atoms with Crippen LogP contribution in [0.1, 0.15) is 22.6 Å². The predicted molar refractivity (Wildman–Crippen MR) is 106 cm³/mol. The number of carbonyl (C=O) groups excluding carboxylic acids is 1. The van der Waals surface area contributed by atoms with Gasteiger partial charge >= 0.3 is 0 Å². The molecule has 0 radical (unpaired) electrons. The van der Waals surface area contributed by atoms with Crippen molar-refractivity contribution in [3.63, 3.8) is 0 Å². The zero-order valence-electron chi connectivity index (χ0n) is 14.2. The first-order chi connectivity index (χ1) is 12.7. The maximum Gasteiger partial charge on any atom is 0.223 e. The average Bonchev–Trinajstić information content (AvgIpc) is 3.11. The van der Waals surface area contributed by atoms with E-state index >= 15 is 0 Å². The van der Waals surface area contributed by atoms with Crippen molar-refractivity contribution in [1.29, 1.82) is 0 Å². The number of nitrogens with one attached hydrogen (secondary N) is 1. The molecule has 0 fully saturated rings. The van der Waals surface area contributed by atoms with Gasteiger partial charge in [0.25, 0.3) is 0 Å². The molecular weight excluding hydrogens is 364 g/mol. The fourth-order valence-corrected chi connectivity index (χ4v) is 4.56. The number of hydrogen-bond donors (Lipinski definition) is 1. The molecule has 0 bridgehead atoms. The molecule has 5 heteroatoms. The molecule has 1 N–H and O–H groups in total. The number of fused-ring (bicyclic) bond motifs is 1. The van der Waals surface area contributed by atoms with Gasteiger partial charge in [0.15, 0.2) is 0 Å². The number of aryl methyl sites for hydroxylation is 1. The lowest BCUT2D eigenvalue weighted by Crippen LogP contribution is -2.33. The molecule has 1 unspecified atom stereocenters. The topological polar surface area (TPSA) is 42.0 Å². The highest BCUT2D eigenvalue weighted by atomic mass is 35.5. The van der Waals surface area contributed by atoms with Crippen LogP contribution in [0.25, 0.3) is 10.6 Å². The molecule has 1 atom stereocenters. The van der Waals surface area contributed by atoms with Gasteiger partial charge in [-0.3, -0.25) is 4.79 Å². The zero-order valence-corrected chi connectivity index (χ0v) is 15.8. The summed E-state index contributed by atoms with van der Waals surface area (Å²) in [7, 11) is 0. The van der Waals surface area contributed by atoms with Crippen LogP contribution in [-0.2, 0) is 24.2 Å². The van der Waals surface area contributed by atoms with Crippen molar-refractivity contribution in [1.82, 2.24) is 10.3 Å². The van der Waals surface area contributed by atoms with Crippen molar-refractivity contribution in [3.8, 4) is 10.6 Å². The average molecular weight is 383 g/mol. The van der Waals surface area contributed by atoms with Gasteiger partial charge in [0.05, 0.1) is 5.69 Å². The maximum absolute atomic E-state index is 12.6. The summed E-state index contributed by atoms with van der Waals surface area (Å²) in [6.45, 7) is 0.539. The Bertz CT molecular complexity index is 906. The minimum Gasteiger partial charge on any atom is -0.352 e. The smallest absolute Gasteiger partial charge is 0.223 e. The molecular formula is C21H19ClN2OS. The van der Waals surface area contributed by atoms with Gasteiger partial charge in [-0.2, -0.15) is 0 Å². The van der Waals surface area contributed by atoms with Crippen molar-refractivity contribution < 1.29 is 4.79 Å². The third kappa shape index (κ3) is 3.81. The van der Waals surface area contributed by atoms with Crippen LogP contribution >= 0.6 is 22.9 Å². The number of halogens is 1. The number of benzene rings is 2. The van der Waals surface area contributed by atoms with Crippen LogP contribution in [0.4, 0.5) is 0 Å². The van der Waals surface area contributed by atoms with Gasteiger partial charge in [0.2, 0.25) is 5.91 Å². The molecule has 26 heavy (non-hydrogen) atoms. The maximum atomic E-state index is 12.6. The Labute approximate surface area is 162 Å². The van der Waals surface area contributed by atoms with Crippen LogP contribution in [-0.4, -0.2) is 10.9 Å². The second-order valence-electron chi connectivity index (χ2n) is 6.54. The van der Waals surface area contributed by atoms with Crippen LogP contribution in [0.5, 0.6) is 0 Å². The fraction of sp³-hybridized carbons (Fsp3) is 0.238.